The van der Waals surface area contributed by atoms with Crippen LogP contribution in [0.5, 0.6) is 11.8 Å². The van der Waals surface area contributed by atoms with Gasteiger partial charge in [0.25, 0.3) is 0 Å². The Balaban J connectivity index is 1.60. The molecule has 2 atom stereocenters. The third-order valence-electron chi connectivity index (χ3n) is 6.54. The van der Waals surface area contributed by atoms with E-state index in [-0.39, 0.29) is 12.2 Å². The molecule has 37 heavy (non-hydrogen) atoms. The summed E-state index contributed by atoms with van der Waals surface area (Å²) in [4.78, 5) is 8.90. The lowest BCUT2D eigenvalue weighted by atomic mass is 9.94. The van der Waals surface area contributed by atoms with Crippen LogP contribution in [0.15, 0.2) is 36.5 Å². The fourth-order valence-corrected chi connectivity index (χ4v) is 5.00. The van der Waals surface area contributed by atoms with Crippen LogP contribution >= 0.6 is 22.6 Å². The first-order valence-corrected chi connectivity index (χ1v) is 13.5. The molecule has 5 nitrogen and oxygen atoms in total. The van der Waals surface area contributed by atoms with Gasteiger partial charge in [0.2, 0.25) is 11.8 Å². The highest BCUT2D eigenvalue weighted by molar-refractivity contribution is 14.1. The lowest BCUT2D eigenvalue weighted by molar-refractivity contribution is 0.0547. The monoisotopic (exact) mass is 622 g/mol. The lowest BCUT2D eigenvalue weighted by Crippen LogP contribution is -2.22. The first-order valence-electron chi connectivity index (χ1n) is 12.4. The molecule has 0 saturated heterocycles. The van der Waals surface area contributed by atoms with E-state index >= 15 is 8.78 Å². The Morgan fingerprint density at radius 1 is 1.05 bits per heavy atom. The molecule has 0 radical (unpaired) electrons. The topological polar surface area (TPSA) is 64.5 Å². The van der Waals surface area contributed by atoms with Crippen molar-refractivity contribution in [1.29, 1.82) is 0 Å². The van der Waals surface area contributed by atoms with Gasteiger partial charge in [0.15, 0.2) is 3.68 Å². The molecular formula is C29H33F2IN2O3. The van der Waals surface area contributed by atoms with Crippen molar-refractivity contribution in [1.82, 2.24) is 9.97 Å². The summed E-state index contributed by atoms with van der Waals surface area (Å²) in [5.41, 5.74) is 3.99. The van der Waals surface area contributed by atoms with Gasteiger partial charge in [-0.05, 0) is 104 Å². The third-order valence-corrected chi connectivity index (χ3v) is 7.12. The Kier molecular flexibility index (Phi) is 8.09. The molecule has 0 bridgehead atoms. The van der Waals surface area contributed by atoms with Gasteiger partial charge in [0.05, 0.1) is 12.2 Å². The van der Waals surface area contributed by atoms with Crippen molar-refractivity contribution >= 4 is 22.6 Å². The highest BCUT2D eigenvalue weighted by atomic mass is 127. The zero-order valence-electron chi connectivity index (χ0n) is 21.9. The first kappa shape index (κ1) is 27.7. The van der Waals surface area contributed by atoms with Crippen LogP contribution in [0.2, 0.25) is 0 Å². The van der Waals surface area contributed by atoms with E-state index in [0.29, 0.717) is 53.1 Å². The number of nitrogens with zero attached hydrogens (tertiary/aromatic N) is 2. The largest absolute Gasteiger partial charge is 0.478 e. The quantitative estimate of drug-likeness (QED) is 0.205. The van der Waals surface area contributed by atoms with Gasteiger partial charge in [-0.1, -0.05) is 6.92 Å². The van der Waals surface area contributed by atoms with Crippen molar-refractivity contribution in [2.24, 2.45) is 5.92 Å². The fourth-order valence-electron chi connectivity index (χ4n) is 4.55. The zero-order chi connectivity index (χ0) is 27.0. The van der Waals surface area contributed by atoms with Crippen molar-refractivity contribution < 1.29 is 23.4 Å². The lowest BCUT2D eigenvalue weighted by Gasteiger charge is -2.21. The summed E-state index contributed by atoms with van der Waals surface area (Å²) in [5.74, 6) is 0.906. The van der Waals surface area contributed by atoms with E-state index in [9.17, 15) is 5.11 Å². The average Bonchev–Trinajstić information content (AvgIpc) is 3.16. The van der Waals surface area contributed by atoms with Gasteiger partial charge in [-0.25, -0.2) is 18.7 Å². The number of fused-ring (bicyclic) bond motifs is 1. The standard InChI is InChI=1S/C29H33F2IN2O3/c1-17-10-19-13-27(33-15-20(19)11-17)37-16-21-12-23(24(14-25(21)30)29(5,31)32)22-6-7-26(34-18(22)2)36-9-8-28(3,4)35/h6-7,12-15,17,35H,8-11,16H2,1-5H3. The number of aliphatic hydroxyl groups is 1. The second-order valence-corrected chi connectivity index (χ2v) is 12.7. The smallest absolute Gasteiger partial charge is 0.213 e. The van der Waals surface area contributed by atoms with E-state index in [4.69, 9.17) is 9.47 Å². The van der Waals surface area contributed by atoms with Crippen molar-refractivity contribution in [2.75, 3.05) is 6.61 Å². The van der Waals surface area contributed by atoms with E-state index in [1.165, 1.54) is 24.1 Å². The minimum atomic E-state index is -1.81. The van der Waals surface area contributed by atoms with E-state index in [1.54, 1.807) is 61.6 Å². The molecule has 0 saturated carbocycles. The number of aryl methyl sites for hydroxylation is 1. The summed E-state index contributed by atoms with van der Waals surface area (Å²) in [5, 5.41) is 9.88. The van der Waals surface area contributed by atoms with E-state index < -0.39 is 15.1 Å². The summed E-state index contributed by atoms with van der Waals surface area (Å²) >= 11 is 1.67. The second kappa shape index (κ2) is 10.8. The molecule has 198 valence electrons. The summed E-state index contributed by atoms with van der Waals surface area (Å²) < 4.78 is 40.1. The molecule has 2 heterocycles. The summed E-state index contributed by atoms with van der Waals surface area (Å²) in [6, 6.07) is 8.31. The predicted molar refractivity (Wildman–Crippen MR) is 148 cm³/mol. The molecule has 2 aromatic heterocycles. The highest BCUT2D eigenvalue weighted by Crippen LogP contribution is 2.41. The predicted octanol–water partition coefficient (Wildman–Crippen LogP) is 7.02. The van der Waals surface area contributed by atoms with Crippen molar-refractivity contribution in [2.45, 2.75) is 69.8 Å². The van der Waals surface area contributed by atoms with Gasteiger partial charge in [-0.15, -0.1) is 0 Å². The maximum atomic E-state index is 15.2. The van der Waals surface area contributed by atoms with Crippen LogP contribution in [0.25, 0.3) is 11.1 Å². The minimum absolute atomic E-state index is 0.0324. The normalized spacial score (nSPS) is 16.8. The maximum absolute atomic E-state index is 15.2. The number of benzene rings is 1. The SMILES string of the molecule is Cc1nc(OCCC(C)(C)O)ccc1-c1cc(COc2cc3c(cn2)CC(C)C3)c(F)cc1C(C)(F)I. The molecule has 0 aliphatic heterocycles. The van der Waals surface area contributed by atoms with Gasteiger partial charge in [-0.2, -0.15) is 0 Å². The summed E-state index contributed by atoms with van der Waals surface area (Å²) in [6.07, 6.45) is 4.28. The molecule has 4 rings (SSSR count). The summed E-state index contributed by atoms with van der Waals surface area (Å²) in [6.45, 7) is 9.12. The second-order valence-electron chi connectivity index (χ2n) is 10.7. The van der Waals surface area contributed by atoms with Crippen molar-refractivity contribution in [3.63, 3.8) is 0 Å². The Morgan fingerprint density at radius 3 is 2.46 bits per heavy atom. The van der Waals surface area contributed by atoms with Gasteiger partial charge >= 0.3 is 0 Å². The Labute approximate surface area is 230 Å². The molecule has 1 N–H and O–H groups in total. The van der Waals surface area contributed by atoms with E-state index in [1.807, 2.05) is 12.3 Å². The first-order chi connectivity index (χ1) is 17.3. The van der Waals surface area contributed by atoms with Crippen LogP contribution in [0.1, 0.15) is 62.1 Å². The van der Waals surface area contributed by atoms with Crippen LogP contribution < -0.4 is 9.47 Å². The number of hydrogen-bond acceptors (Lipinski definition) is 5. The Hall–Kier alpha value is -2.33. The molecule has 8 heteroatoms. The van der Waals surface area contributed by atoms with Crippen LogP contribution in [0.3, 0.4) is 0 Å². The number of hydrogen-bond donors (Lipinski definition) is 1. The molecule has 1 aliphatic rings. The molecular weight excluding hydrogens is 589 g/mol. The molecule has 3 aromatic rings. The maximum Gasteiger partial charge on any atom is 0.213 e. The van der Waals surface area contributed by atoms with Gasteiger partial charge in [0, 0.05) is 47.1 Å². The molecule has 1 aliphatic carbocycles. The van der Waals surface area contributed by atoms with Crippen LogP contribution in [0.4, 0.5) is 8.78 Å². The average molecular weight is 622 g/mol. The number of alkyl halides is 2. The number of halogens is 3. The van der Waals surface area contributed by atoms with Crippen molar-refractivity contribution in [3.05, 3.63) is 70.3 Å². The third kappa shape index (κ3) is 6.96. The number of rotatable bonds is 9. The van der Waals surface area contributed by atoms with Crippen molar-refractivity contribution in [3.8, 4) is 22.9 Å². The number of aromatic nitrogens is 2. The summed E-state index contributed by atoms with van der Waals surface area (Å²) in [7, 11) is 0. The van der Waals surface area contributed by atoms with E-state index in [0.717, 1.165) is 12.8 Å². The van der Waals surface area contributed by atoms with Crippen LogP contribution in [-0.4, -0.2) is 27.3 Å². The van der Waals surface area contributed by atoms with Gasteiger partial charge in [-0.3, -0.25) is 0 Å². The molecule has 0 fully saturated rings. The number of pyridine rings is 2. The van der Waals surface area contributed by atoms with Crippen LogP contribution in [0, 0.1) is 18.7 Å². The molecule has 2 unspecified atom stereocenters. The zero-order valence-corrected chi connectivity index (χ0v) is 24.0. The Morgan fingerprint density at radius 2 is 1.78 bits per heavy atom. The van der Waals surface area contributed by atoms with E-state index in [2.05, 4.69) is 16.9 Å². The molecule has 1 aromatic carbocycles. The fraction of sp³-hybridized carbons (Fsp3) is 0.448. The van der Waals surface area contributed by atoms with Crippen LogP contribution in [-0.2, 0) is 23.1 Å². The molecule has 0 spiro atoms. The minimum Gasteiger partial charge on any atom is -0.478 e. The highest BCUT2D eigenvalue weighted by Gasteiger charge is 2.28. The Bertz CT molecular complexity index is 1290. The van der Waals surface area contributed by atoms with Gasteiger partial charge in [0.1, 0.15) is 12.4 Å². The number of ether oxygens (including phenoxy) is 2. The van der Waals surface area contributed by atoms with Gasteiger partial charge < -0.3 is 14.6 Å². The molecule has 0 amide bonds.